The highest BCUT2D eigenvalue weighted by molar-refractivity contribution is 7.92. The summed E-state index contributed by atoms with van der Waals surface area (Å²) in [5.74, 6) is 0.198. The molecule has 0 atom stereocenters. The van der Waals surface area contributed by atoms with Crippen LogP contribution in [-0.4, -0.2) is 40.3 Å². The molecular formula is C25H28N2O5S. The largest absolute Gasteiger partial charge is 0.489 e. The van der Waals surface area contributed by atoms with E-state index in [0.717, 1.165) is 21.7 Å². The minimum absolute atomic E-state index is 0.287. The van der Waals surface area contributed by atoms with E-state index < -0.39 is 15.9 Å². The molecule has 0 heterocycles. The van der Waals surface area contributed by atoms with E-state index >= 15 is 0 Å². The summed E-state index contributed by atoms with van der Waals surface area (Å²) in [4.78, 5) is 12.3. The Morgan fingerprint density at radius 3 is 2.00 bits per heavy atom. The highest BCUT2D eigenvalue weighted by Gasteiger charge is 2.20. The van der Waals surface area contributed by atoms with E-state index in [0.29, 0.717) is 31.3 Å². The third-order valence-electron chi connectivity index (χ3n) is 4.74. The summed E-state index contributed by atoms with van der Waals surface area (Å²) in [6, 6.07) is 26.1. The van der Waals surface area contributed by atoms with Gasteiger partial charge in [-0.3, -0.25) is 9.10 Å². The van der Waals surface area contributed by atoms with Crippen molar-refractivity contribution in [3.05, 3.63) is 96.1 Å². The summed E-state index contributed by atoms with van der Waals surface area (Å²) in [5.41, 5.74) is 2.46. The van der Waals surface area contributed by atoms with E-state index in [1.54, 1.807) is 24.3 Å². The Kier molecular flexibility index (Phi) is 8.86. The van der Waals surface area contributed by atoms with E-state index in [2.05, 4.69) is 5.32 Å². The van der Waals surface area contributed by atoms with Gasteiger partial charge in [0.15, 0.2) is 0 Å². The van der Waals surface area contributed by atoms with Crippen molar-refractivity contribution < 1.29 is 22.7 Å². The number of nitrogens with one attached hydrogen (secondary N) is 1. The number of amides is 1. The van der Waals surface area contributed by atoms with Crippen LogP contribution in [0, 0.1) is 0 Å². The Morgan fingerprint density at radius 1 is 0.848 bits per heavy atom. The zero-order valence-corrected chi connectivity index (χ0v) is 19.3. The fourth-order valence-electron chi connectivity index (χ4n) is 3.06. The van der Waals surface area contributed by atoms with Crippen molar-refractivity contribution in [2.45, 2.75) is 13.2 Å². The lowest BCUT2D eigenvalue weighted by Crippen LogP contribution is -2.41. The molecule has 0 unspecified atom stereocenters. The van der Waals surface area contributed by atoms with E-state index in [1.165, 1.54) is 0 Å². The molecule has 0 aliphatic heterocycles. The Hall–Kier alpha value is -3.36. The number of benzene rings is 3. The van der Waals surface area contributed by atoms with Crippen molar-refractivity contribution in [1.29, 1.82) is 0 Å². The maximum atomic E-state index is 12.3. The van der Waals surface area contributed by atoms with Gasteiger partial charge in [0, 0.05) is 6.54 Å². The lowest BCUT2D eigenvalue weighted by molar-refractivity contribution is -0.119. The van der Waals surface area contributed by atoms with E-state index in [9.17, 15) is 13.2 Å². The van der Waals surface area contributed by atoms with Gasteiger partial charge in [-0.25, -0.2) is 8.42 Å². The molecule has 0 saturated carbocycles. The van der Waals surface area contributed by atoms with Crippen LogP contribution in [0.15, 0.2) is 84.9 Å². The highest BCUT2D eigenvalue weighted by Crippen LogP contribution is 2.22. The number of carbonyl (C=O) groups is 1. The number of nitrogens with zero attached hydrogens (tertiary/aromatic N) is 1. The second kappa shape index (κ2) is 12.0. The van der Waals surface area contributed by atoms with Crippen LogP contribution < -0.4 is 14.4 Å². The molecule has 1 amide bonds. The van der Waals surface area contributed by atoms with Crippen molar-refractivity contribution in [1.82, 2.24) is 5.32 Å². The van der Waals surface area contributed by atoms with Gasteiger partial charge in [0.2, 0.25) is 15.9 Å². The molecule has 3 rings (SSSR count). The molecule has 0 aliphatic rings. The van der Waals surface area contributed by atoms with Crippen LogP contribution in [0.5, 0.6) is 5.75 Å². The van der Waals surface area contributed by atoms with E-state index in [1.807, 2.05) is 60.7 Å². The summed E-state index contributed by atoms with van der Waals surface area (Å²) >= 11 is 0. The number of sulfonamides is 1. The topological polar surface area (TPSA) is 84.9 Å². The number of ether oxygens (including phenoxy) is 2. The van der Waals surface area contributed by atoms with Crippen LogP contribution in [0.3, 0.4) is 0 Å². The predicted molar refractivity (Wildman–Crippen MR) is 129 cm³/mol. The molecule has 0 spiro atoms. The van der Waals surface area contributed by atoms with Gasteiger partial charge in [-0.2, -0.15) is 0 Å². The molecule has 3 aromatic rings. The standard InChI is InChI=1S/C25H28N2O5S/c1-33(29,30)27(18-25(28)26-16-17-31-19-21-8-4-2-5-9-21)23-12-14-24(15-13-23)32-20-22-10-6-3-7-11-22/h2-15H,16-20H2,1H3,(H,26,28). The fourth-order valence-corrected chi connectivity index (χ4v) is 3.92. The van der Waals surface area contributed by atoms with Gasteiger partial charge in [-0.05, 0) is 35.4 Å². The molecule has 33 heavy (non-hydrogen) atoms. The number of rotatable bonds is 12. The first kappa shape index (κ1) is 24.3. The minimum Gasteiger partial charge on any atom is -0.489 e. The molecular weight excluding hydrogens is 440 g/mol. The van der Waals surface area contributed by atoms with Crippen LogP contribution in [0.1, 0.15) is 11.1 Å². The van der Waals surface area contributed by atoms with Crippen molar-refractivity contribution >= 4 is 21.6 Å². The smallest absolute Gasteiger partial charge is 0.240 e. The molecule has 0 aliphatic carbocycles. The normalized spacial score (nSPS) is 11.1. The van der Waals surface area contributed by atoms with Gasteiger partial charge in [-0.15, -0.1) is 0 Å². The first-order valence-electron chi connectivity index (χ1n) is 10.5. The molecule has 0 saturated heterocycles. The zero-order valence-electron chi connectivity index (χ0n) is 18.5. The van der Waals surface area contributed by atoms with Crippen LogP contribution >= 0.6 is 0 Å². The van der Waals surface area contributed by atoms with Gasteiger partial charge in [0.25, 0.3) is 0 Å². The average Bonchev–Trinajstić information content (AvgIpc) is 2.82. The number of hydrogen-bond donors (Lipinski definition) is 1. The summed E-state index contributed by atoms with van der Waals surface area (Å²) in [5, 5.41) is 2.70. The fraction of sp³-hybridized carbons (Fsp3) is 0.240. The van der Waals surface area contributed by atoms with Crippen molar-refractivity contribution in [2.24, 2.45) is 0 Å². The van der Waals surface area contributed by atoms with Crippen molar-refractivity contribution in [2.75, 3.05) is 30.3 Å². The summed E-state index contributed by atoms with van der Waals surface area (Å²) < 4.78 is 36.9. The lowest BCUT2D eigenvalue weighted by Gasteiger charge is -2.22. The molecule has 0 radical (unpaired) electrons. The van der Waals surface area contributed by atoms with E-state index in [-0.39, 0.29) is 13.1 Å². The molecule has 0 fully saturated rings. The van der Waals surface area contributed by atoms with Crippen molar-refractivity contribution in [3.8, 4) is 5.75 Å². The average molecular weight is 469 g/mol. The summed E-state index contributed by atoms with van der Waals surface area (Å²) in [6.07, 6.45) is 1.07. The second-order valence-electron chi connectivity index (χ2n) is 7.43. The highest BCUT2D eigenvalue weighted by atomic mass is 32.2. The lowest BCUT2D eigenvalue weighted by atomic mass is 10.2. The Labute approximate surface area is 195 Å². The Bertz CT molecular complexity index is 1100. The Morgan fingerprint density at radius 2 is 1.42 bits per heavy atom. The first-order chi connectivity index (χ1) is 15.9. The third kappa shape index (κ3) is 8.25. The number of carbonyl (C=O) groups excluding carboxylic acids is 1. The quantitative estimate of drug-likeness (QED) is 0.412. The van der Waals surface area contributed by atoms with Gasteiger partial charge in [0.1, 0.15) is 18.9 Å². The van der Waals surface area contributed by atoms with Crippen molar-refractivity contribution in [3.63, 3.8) is 0 Å². The molecule has 0 aromatic heterocycles. The van der Waals surface area contributed by atoms with Gasteiger partial charge < -0.3 is 14.8 Å². The third-order valence-corrected chi connectivity index (χ3v) is 5.88. The molecule has 3 aromatic carbocycles. The maximum absolute atomic E-state index is 12.3. The molecule has 174 valence electrons. The molecule has 0 bridgehead atoms. The molecule has 8 heteroatoms. The summed E-state index contributed by atoms with van der Waals surface area (Å²) in [6.45, 7) is 1.15. The molecule has 7 nitrogen and oxygen atoms in total. The second-order valence-corrected chi connectivity index (χ2v) is 9.33. The van der Waals surface area contributed by atoms with Crippen LogP contribution in [0.4, 0.5) is 5.69 Å². The van der Waals surface area contributed by atoms with Crippen LogP contribution in [0.25, 0.3) is 0 Å². The maximum Gasteiger partial charge on any atom is 0.240 e. The van der Waals surface area contributed by atoms with Crippen LogP contribution in [0.2, 0.25) is 0 Å². The monoisotopic (exact) mass is 468 g/mol. The minimum atomic E-state index is -3.65. The molecule has 1 N–H and O–H groups in total. The van der Waals surface area contributed by atoms with Gasteiger partial charge in [0.05, 0.1) is 25.2 Å². The van der Waals surface area contributed by atoms with Gasteiger partial charge >= 0.3 is 0 Å². The van der Waals surface area contributed by atoms with Crippen LogP contribution in [-0.2, 0) is 32.8 Å². The zero-order chi connectivity index (χ0) is 23.5. The first-order valence-corrected chi connectivity index (χ1v) is 12.4. The van der Waals surface area contributed by atoms with E-state index in [4.69, 9.17) is 9.47 Å². The van der Waals surface area contributed by atoms with Gasteiger partial charge in [-0.1, -0.05) is 60.7 Å². The Balaban J connectivity index is 1.49. The summed E-state index contributed by atoms with van der Waals surface area (Å²) in [7, 11) is -3.65. The predicted octanol–water partition coefficient (Wildman–Crippen LogP) is 3.36. The number of anilines is 1. The number of hydrogen-bond acceptors (Lipinski definition) is 5. The SMILES string of the molecule is CS(=O)(=O)N(CC(=O)NCCOCc1ccccc1)c1ccc(OCc2ccccc2)cc1.